The summed E-state index contributed by atoms with van der Waals surface area (Å²) in [5.74, 6) is -2.61. The van der Waals surface area contributed by atoms with Gasteiger partial charge in [-0.15, -0.1) is 0 Å². The molecule has 0 spiro atoms. The van der Waals surface area contributed by atoms with E-state index in [9.17, 15) is 14.4 Å². The molecule has 0 aliphatic carbocycles. The van der Waals surface area contributed by atoms with E-state index in [4.69, 9.17) is 40.8 Å². The maximum Gasteiger partial charge on any atom is 0.349 e. The molecule has 0 aromatic heterocycles. The van der Waals surface area contributed by atoms with Gasteiger partial charge in [0.1, 0.15) is 10.8 Å². The Morgan fingerprint density at radius 1 is 0.806 bits per heavy atom. The Hall–Kier alpha value is -3.40. The maximum absolute atomic E-state index is 11.2. The number of hydrogen-bond acceptors (Lipinski definition) is 7. The quantitative estimate of drug-likeness (QED) is 0.223. The summed E-state index contributed by atoms with van der Waals surface area (Å²) in [7, 11) is 0. The number of carboxylic acid groups (broad SMARTS) is 2. The van der Waals surface area contributed by atoms with E-state index in [1.165, 1.54) is 0 Å². The number of esters is 1. The van der Waals surface area contributed by atoms with Crippen molar-refractivity contribution < 1.29 is 43.5 Å². The first-order chi connectivity index (χ1) is 17.3. The summed E-state index contributed by atoms with van der Waals surface area (Å²) in [5.41, 5.74) is 2.38. The van der Waals surface area contributed by atoms with E-state index in [2.05, 4.69) is 6.58 Å². The molecule has 0 bridgehead atoms. The molecule has 2 aromatic carbocycles. The molecule has 0 radical (unpaired) electrons. The van der Waals surface area contributed by atoms with Gasteiger partial charge < -0.3 is 29.2 Å². The lowest BCUT2D eigenvalue weighted by Crippen LogP contribution is -2.36. The molecule has 1 fully saturated rings. The van der Waals surface area contributed by atoms with Crippen LogP contribution < -0.4 is 4.74 Å². The Labute approximate surface area is 213 Å². The predicted molar refractivity (Wildman–Crippen MR) is 130 cm³/mol. The van der Waals surface area contributed by atoms with Crippen molar-refractivity contribution in [3.05, 3.63) is 65.7 Å². The summed E-state index contributed by atoms with van der Waals surface area (Å²) in [6, 6.07) is 14.7. The highest BCUT2D eigenvalue weighted by molar-refractivity contribution is 6.40. The van der Waals surface area contributed by atoms with E-state index in [0.717, 1.165) is 42.6 Å². The molecule has 2 aromatic rings. The molecule has 0 saturated carbocycles. The van der Waals surface area contributed by atoms with E-state index in [1.807, 2.05) is 36.4 Å². The molecule has 1 aliphatic rings. The molecule has 1 aliphatic heterocycles. The van der Waals surface area contributed by atoms with E-state index in [-0.39, 0.29) is 5.03 Å². The van der Waals surface area contributed by atoms with Crippen LogP contribution in [0.25, 0.3) is 11.1 Å². The zero-order valence-electron chi connectivity index (χ0n) is 19.4. The molecule has 1 saturated heterocycles. The number of carbonyl (C=O) groups is 3. The normalized spacial score (nSPS) is 19.0. The second kappa shape index (κ2) is 13.1. The summed E-state index contributed by atoms with van der Waals surface area (Å²) in [6.45, 7) is 4.20. The lowest BCUT2D eigenvalue weighted by molar-refractivity contribution is -0.156. The summed E-state index contributed by atoms with van der Waals surface area (Å²) < 4.78 is 21.3. The third-order valence-electron chi connectivity index (χ3n) is 5.43. The largest absolute Gasteiger partial charge is 0.494 e. The topological polar surface area (TPSA) is 129 Å². The van der Waals surface area contributed by atoms with Crippen molar-refractivity contribution in [2.24, 2.45) is 0 Å². The van der Waals surface area contributed by atoms with Gasteiger partial charge in [0.15, 0.2) is 18.5 Å². The Kier molecular flexibility index (Phi) is 9.86. The van der Waals surface area contributed by atoms with Crippen LogP contribution in [0.1, 0.15) is 37.5 Å². The molecule has 3 rings (SSSR count). The molecule has 2 atom stereocenters. The molecule has 2 unspecified atom stereocenters. The van der Waals surface area contributed by atoms with Crippen LogP contribution in [-0.4, -0.2) is 53.5 Å². The van der Waals surface area contributed by atoms with Crippen LogP contribution >= 0.6 is 11.6 Å². The summed E-state index contributed by atoms with van der Waals surface area (Å²) in [6.07, 6.45) is -0.733. The zero-order chi connectivity index (χ0) is 26.1. The third kappa shape index (κ3) is 7.55. The van der Waals surface area contributed by atoms with E-state index < -0.39 is 36.4 Å². The van der Waals surface area contributed by atoms with Crippen molar-refractivity contribution in [3.8, 4) is 16.9 Å². The van der Waals surface area contributed by atoms with Crippen molar-refractivity contribution in [1.29, 1.82) is 0 Å². The van der Waals surface area contributed by atoms with Crippen LogP contribution in [0.4, 0.5) is 0 Å². The minimum Gasteiger partial charge on any atom is -0.494 e. The second-order valence-electron chi connectivity index (χ2n) is 8.07. The van der Waals surface area contributed by atoms with E-state index in [1.54, 1.807) is 12.1 Å². The zero-order valence-corrected chi connectivity index (χ0v) is 20.2. The summed E-state index contributed by atoms with van der Waals surface area (Å²) >= 11 is 5.44. The van der Waals surface area contributed by atoms with E-state index >= 15 is 0 Å². The number of carbonyl (C=O) groups excluding carboxylic acids is 1. The van der Waals surface area contributed by atoms with Crippen LogP contribution in [-0.2, 0) is 28.6 Å². The van der Waals surface area contributed by atoms with Crippen LogP contribution in [0.15, 0.2) is 60.1 Å². The van der Waals surface area contributed by atoms with Crippen molar-refractivity contribution in [2.75, 3.05) is 13.2 Å². The van der Waals surface area contributed by atoms with Crippen LogP contribution in [0.5, 0.6) is 5.75 Å². The van der Waals surface area contributed by atoms with Crippen molar-refractivity contribution in [2.45, 2.75) is 44.2 Å². The summed E-state index contributed by atoms with van der Waals surface area (Å²) in [5, 5.41) is 18.2. The standard InChI is InChI=1S/C26H27ClO9/c1-16(27)25(32)34-15-5-3-2-4-14-33-20-12-10-18(11-13-20)17-6-8-19(9-7-17)26-35-21(23(28)29)22(36-26)24(30)31/h6-13,21-22,26H,1-5,14-15H2,(H,28,29)(H,30,31). The smallest absolute Gasteiger partial charge is 0.349 e. The first-order valence-corrected chi connectivity index (χ1v) is 11.8. The first-order valence-electron chi connectivity index (χ1n) is 11.4. The van der Waals surface area contributed by atoms with Gasteiger partial charge in [0.25, 0.3) is 0 Å². The average molecular weight is 519 g/mol. The van der Waals surface area contributed by atoms with Gasteiger partial charge in [-0.2, -0.15) is 0 Å². The SMILES string of the molecule is C=C(Cl)C(=O)OCCCCCCOc1ccc(-c2ccc(C3OC(C(=O)O)C(C(=O)O)O3)cc2)cc1. The van der Waals surface area contributed by atoms with Gasteiger partial charge in [-0.05, 0) is 48.9 Å². The van der Waals surface area contributed by atoms with Gasteiger partial charge >= 0.3 is 17.9 Å². The molecule has 2 N–H and O–H groups in total. The Morgan fingerprint density at radius 2 is 1.31 bits per heavy atom. The number of hydrogen-bond donors (Lipinski definition) is 2. The third-order valence-corrected chi connectivity index (χ3v) is 5.59. The summed E-state index contributed by atoms with van der Waals surface area (Å²) in [4.78, 5) is 33.6. The molecule has 9 nitrogen and oxygen atoms in total. The van der Waals surface area contributed by atoms with Gasteiger partial charge in [-0.3, -0.25) is 0 Å². The Balaban J connectivity index is 1.42. The lowest BCUT2D eigenvalue weighted by Gasteiger charge is -2.11. The fourth-order valence-electron chi connectivity index (χ4n) is 3.54. The maximum atomic E-state index is 11.2. The molecule has 0 amide bonds. The number of carboxylic acids is 2. The van der Waals surface area contributed by atoms with Crippen molar-refractivity contribution >= 4 is 29.5 Å². The van der Waals surface area contributed by atoms with Gasteiger partial charge in [-0.1, -0.05) is 54.6 Å². The highest BCUT2D eigenvalue weighted by Gasteiger charge is 2.46. The Morgan fingerprint density at radius 3 is 1.81 bits per heavy atom. The monoisotopic (exact) mass is 518 g/mol. The predicted octanol–water partition coefficient (Wildman–Crippen LogP) is 4.54. The average Bonchev–Trinajstić information content (AvgIpc) is 3.32. The second-order valence-corrected chi connectivity index (χ2v) is 8.53. The molecule has 10 heteroatoms. The minimum atomic E-state index is -1.57. The number of unbranched alkanes of at least 4 members (excludes halogenated alkanes) is 3. The number of aliphatic carboxylic acids is 2. The van der Waals surface area contributed by atoms with Crippen LogP contribution in [0.2, 0.25) is 0 Å². The molecule has 1 heterocycles. The highest BCUT2D eigenvalue weighted by Crippen LogP contribution is 2.33. The number of ether oxygens (including phenoxy) is 4. The number of rotatable bonds is 13. The fourth-order valence-corrected chi connectivity index (χ4v) is 3.60. The number of halogens is 1. The van der Waals surface area contributed by atoms with E-state index in [0.29, 0.717) is 18.8 Å². The van der Waals surface area contributed by atoms with Crippen LogP contribution in [0, 0.1) is 0 Å². The first kappa shape index (κ1) is 27.2. The van der Waals surface area contributed by atoms with Gasteiger partial charge in [-0.25, -0.2) is 14.4 Å². The number of benzene rings is 2. The van der Waals surface area contributed by atoms with Gasteiger partial charge in [0.05, 0.1) is 13.2 Å². The lowest BCUT2D eigenvalue weighted by atomic mass is 10.0. The van der Waals surface area contributed by atoms with Gasteiger partial charge in [0.2, 0.25) is 0 Å². The molecular formula is C26H27ClO9. The fraction of sp³-hybridized carbons (Fsp3) is 0.346. The van der Waals surface area contributed by atoms with Crippen molar-refractivity contribution in [3.63, 3.8) is 0 Å². The molecular weight excluding hydrogens is 492 g/mol. The highest BCUT2D eigenvalue weighted by atomic mass is 35.5. The van der Waals surface area contributed by atoms with Gasteiger partial charge in [0, 0.05) is 5.56 Å². The van der Waals surface area contributed by atoms with Crippen LogP contribution in [0.3, 0.4) is 0 Å². The molecule has 36 heavy (non-hydrogen) atoms. The minimum absolute atomic E-state index is 0.119. The Bertz CT molecular complexity index is 1040. The van der Waals surface area contributed by atoms with Crippen molar-refractivity contribution in [1.82, 2.24) is 0 Å². The molecule has 192 valence electrons.